The van der Waals surface area contributed by atoms with E-state index in [1.807, 2.05) is 64.2 Å². The van der Waals surface area contributed by atoms with Crippen LogP contribution in [0.15, 0.2) is 60.8 Å². The van der Waals surface area contributed by atoms with Gasteiger partial charge < -0.3 is 0 Å². The van der Waals surface area contributed by atoms with E-state index in [0.717, 1.165) is 11.1 Å². The summed E-state index contributed by atoms with van der Waals surface area (Å²) >= 11 is 0. The highest BCUT2D eigenvalue weighted by Crippen LogP contribution is 2.11. The van der Waals surface area contributed by atoms with E-state index in [-0.39, 0.29) is 0 Å². The molecule has 0 aliphatic rings. The Kier molecular flexibility index (Phi) is 12.7. The number of hydrogen-bond donors (Lipinski definition) is 0. The molecule has 0 bridgehead atoms. The third-order valence-corrected chi connectivity index (χ3v) is 1.55. The quantitative estimate of drug-likeness (QED) is 0.557. The molecule has 0 nitrogen and oxygen atoms in total. The summed E-state index contributed by atoms with van der Waals surface area (Å²) in [6.45, 7) is 15.4. The van der Waals surface area contributed by atoms with Crippen LogP contribution in [0, 0.1) is 0 Å². The Labute approximate surface area is 89.0 Å². The lowest BCUT2D eigenvalue weighted by atomic mass is 10.1. The third-order valence-electron chi connectivity index (χ3n) is 1.55. The summed E-state index contributed by atoms with van der Waals surface area (Å²) in [4.78, 5) is 0. The Morgan fingerprint density at radius 3 is 1.71 bits per heavy atom. The topological polar surface area (TPSA) is 0 Å². The minimum atomic E-state index is 1.10. The van der Waals surface area contributed by atoms with Gasteiger partial charge in [-0.1, -0.05) is 63.5 Å². The summed E-state index contributed by atoms with van der Waals surface area (Å²) in [5.41, 5.74) is 2.22. The molecule has 0 aromatic carbocycles. The highest BCUT2D eigenvalue weighted by Gasteiger charge is 1.92. The largest absolute Gasteiger partial charge is 0.0985 e. The smallest absolute Gasteiger partial charge is 0.0194 e. The van der Waals surface area contributed by atoms with Crippen LogP contribution in [0.25, 0.3) is 0 Å². The van der Waals surface area contributed by atoms with Crippen molar-refractivity contribution >= 4 is 0 Å². The Morgan fingerprint density at radius 1 is 0.929 bits per heavy atom. The van der Waals surface area contributed by atoms with E-state index < -0.39 is 0 Å². The molecule has 0 saturated carbocycles. The Bertz CT molecular complexity index is 237. The van der Waals surface area contributed by atoms with E-state index in [0.29, 0.717) is 0 Å². The molecule has 0 amide bonds. The first kappa shape index (κ1) is 15.2. The fourth-order valence-electron chi connectivity index (χ4n) is 0.884. The lowest BCUT2D eigenvalue weighted by Gasteiger charge is -1.99. The van der Waals surface area contributed by atoms with Gasteiger partial charge in [0.25, 0.3) is 0 Å². The molecule has 0 unspecified atom stereocenters. The van der Waals surface area contributed by atoms with E-state index in [9.17, 15) is 0 Å². The molecule has 0 N–H and O–H groups in total. The molecule has 78 valence electrons. The Morgan fingerprint density at radius 2 is 1.43 bits per heavy atom. The van der Waals surface area contributed by atoms with Crippen molar-refractivity contribution in [1.82, 2.24) is 0 Å². The lowest BCUT2D eigenvalue weighted by molar-refractivity contribution is 1.50. The molecule has 0 heteroatoms. The van der Waals surface area contributed by atoms with E-state index in [1.165, 1.54) is 0 Å². The Hall–Kier alpha value is -1.30. The van der Waals surface area contributed by atoms with Gasteiger partial charge in [0.15, 0.2) is 0 Å². The molecule has 0 aliphatic carbocycles. The van der Waals surface area contributed by atoms with Crippen LogP contribution in [-0.2, 0) is 0 Å². The van der Waals surface area contributed by atoms with Gasteiger partial charge in [-0.2, -0.15) is 0 Å². The molecular formula is C14H22. The first-order valence-electron chi connectivity index (χ1n) is 5.04. The molecule has 0 aliphatic heterocycles. The van der Waals surface area contributed by atoms with Gasteiger partial charge in [-0.3, -0.25) is 0 Å². The van der Waals surface area contributed by atoms with Crippen molar-refractivity contribution in [2.75, 3.05) is 0 Å². The predicted octanol–water partition coefficient (Wildman–Crippen LogP) is 4.83. The van der Waals surface area contributed by atoms with Gasteiger partial charge in [0.2, 0.25) is 0 Å². The maximum atomic E-state index is 3.74. The number of hydrogen-bond acceptors (Lipinski definition) is 0. The molecule has 0 heterocycles. The monoisotopic (exact) mass is 190 g/mol. The normalized spacial score (nSPS) is 12.0. The van der Waals surface area contributed by atoms with E-state index in [2.05, 4.69) is 13.2 Å². The molecular weight excluding hydrogens is 168 g/mol. The third kappa shape index (κ3) is 6.24. The summed E-state index contributed by atoms with van der Waals surface area (Å²) in [5.74, 6) is 0. The van der Waals surface area contributed by atoms with Crippen LogP contribution < -0.4 is 0 Å². The van der Waals surface area contributed by atoms with Crippen LogP contribution in [0.1, 0.15) is 27.7 Å². The molecule has 0 saturated heterocycles. The minimum absolute atomic E-state index is 1.10. The summed E-state index contributed by atoms with van der Waals surface area (Å²) < 4.78 is 0. The van der Waals surface area contributed by atoms with Gasteiger partial charge in [0.05, 0.1) is 0 Å². The van der Waals surface area contributed by atoms with Crippen molar-refractivity contribution < 1.29 is 0 Å². The van der Waals surface area contributed by atoms with Crippen molar-refractivity contribution in [3.63, 3.8) is 0 Å². The average Bonchev–Trinajstić information content (AvgIpc) is 2.27. The van der Waals surface area contributed by atoms with Crippen LogP contribution in [0.2, 0.25) is 0 Å². The van der Waals surface area contributed by atoms with Gasteiger partial charge >= 0.3 is 0 Å². The number of rotatable bonds is 4. The fourth-order valence-corrected chi connectivity index (χ4v) is 0.884. The zero-order chi connectivity index (χ0) is 11.4. The molecule has 0 rings (SSSR count). The van der Waals surface area contributed by atoms with Crippen LogP contribution >= 0.6 is 0 Å². The van der Waals surface area contributed by atoms with Crippen molar-refractivity contribution in [2.24, 2.45) is 0 Å². The fraction of sp³-hybridized carbons (Fsp3) is 0.286. The molecule has 0 radical (unpaired) electrons. The average molecular weight is 190 g/mol. The van der Waals surface area contributed by atoms with Gasteiger partial charge in [-0.25, -0.2) is 0 Å². The SMILES string of the molecule is C=CC(=C\C)/C(C=C)=C/C=C\C.CC. The molecule has 0 aromatic heterocycles. The summed E-state index contributed by atoms with van der Waals surface area (Å²) in [7, 11) is 0. The van der Waals surface area contributed by atoms with Crippen LogP contribution in [0.4, 0.5) is 0 Å². The number of allylic oxidation sites excluding steroid dienone is 8. The van der Waals surface area contributed by atoms with Crippen LogP contribution in [-0.4, -0.2) is 0 Å². The second-order valence-electron chi connectivity index (χ2n) is 2.30. The van der Waals surface area contributed by atoms with Crippen LogP contribution in [0.3, 0.4) is 0 Å². The minimum Gasteiger partial charge on any atom is -0.0985 e. The van der Waals surface area contributed by atoms with Crippen molar-refractivity contribution in [3.05, 3.63) is 60.8 Å². The highest BCUT2D eigenvalue weighted by molar-refractivity contribution is 5.46. The molecule has 0 fully saturated rings. The maximum absolute atomic E-state index is 3.74. The van der Waals surface area contributed by atoms with Gasteiger partial charge in [0, 0.05) is 0 Å². The van der Waals surface area contributed by atoms with Gasteiger partial charge in [-0.05, 0) is 25.0 Å². The molecule has 14 heavy (non-hydrogen) atoms. The first-order chi connectivity index (χ1) is 6.79. The first-order valence-corrected chi connectivity index (χ1v) is 5.04. The Balaban J connectivity index is 0. The second kappa shape index (κ2) is 11.7. The predicted molar refractivity (Wildman–Crippen MR) is 68.4 cm³/mol. The van der Waals surface area contributed by atoms with E-state index in [1.54, 1.807) is 0 Å². The summed E-state index contributed by atoms with van der Waals surface area (Å²) in [6, 6.07) is 0. The van der Waals surface area contributed by atoms with Crippen molar-refractivity contribution in [1.29, 1.82) is 0 Å². The standard InChI is InChI=1S/C12H16.C2H6/c1-5-9-10-12(8-4)11(6-2)7-3;1-2/h5-10H,2,4H2,1,3H3;1-2H3/b9-5-,11-7+,12-10+;. The van der Waals surface area contributed by atoms with Gasteiger partial charge in [-0.15, -0.1) is 0 Å². The molecule has 0 atom stereocenters. The maximum Gasteiger partial charge on any atom is -0.0194 e. The summed E-state index contributed by atoms with van der Waals surface area (Å²) in [6.07, 6.45) is 11.7. The van der Waals surface area contributed by atoms with Crippen LogP contribution in [0.5, 0.6) is 0 Å². The van der Waals surface area contributed by atoms with Gasteiger partial charge in [0.1, 0.15) is 0 Å². The zero-order valence-electron chi connectivity index (χ0n) is 9.88. The summed E-state index contributed by atoms with van der Waals surface area (Å²) in [5, 5.41) is 0. The van der Waals surface area contributed by atoms with E-state index in [4.69, 9.17) is 0 Å². The molecule has 0 spiro atoms. The second-order valence-corrected chi connectivity index (χ2v) is 2.30. The van der Waals surface area contributed by atoms with Crippen molar-refractivity contribution in [3.8, 4) is 0 Å². The van der Waals surface area contributed by atoms with E-state index >= 15 is 0 Å². The highest BCUT2D eigenvalue weighted by atomic mass is 14.0. The van der Waals surface area contributed by atoms with Crippen molar-refractivity contribution in [2.45, 2.75) is 27.7 Å². The zero-order valence-corrected chi connectivity index (χ0v) is 9.88. The lowest BCUT2D eigenvalue weighted by Crippen LogP contribution is -1.80. The molecule has 0 aromatic rings.